The number of hydrogen-bond donors (Lipinski definition) is 3. The summed E-state index contributed by atoms with van der Waals surface area (Å²) >= 11 is 0. The Balaban J connectivity index is 0.000000741. The molecule has 3 N–H and O–H groups in total. The Labute approximate surface area is 333 Å². The zero-order valence-corrected chi connectivity index (χ0v) is 33.5. The molecule has 0 unspecified atom stereocenters. The minimum atomic E-state index is -5.08. The summed E-state index contributed by atoms with van der Waals surface area (Å²) in [5.74, 6) is -3.12. The van der Waals surface area contributed by atoms with Crippen LogP contribution in [0.3, 0.4) is 0 Å². The molecule has 0 bridgehead atoms. The Morgan fingerprint density at radius 2 is 1.50 bits per heavy atom. The van der Waals surface area contributed by atoms with Crippen LogP contribution in [0.15, 0.2) is 66.7 Å². The number of rotatable bonds is 9. The average Bonchev–Trinajstić information content (AvgIpc) is 3.12. The number of quaternary nitrogens is 1. The van der Waals surface area contributed by atoms with Crippen LogP contribution in [0.1, 0.15) is 46.8 Å². The standard InChI is InChI=1S/C38H51FN6O.C2HF3O2.HI/c1-29-26-43(15-14-40-29)28-31-6-4-8-33(22-31)36-24-30(10-11-37(36)39)25-41-38(46)34-9-5-7-32(23-34)27-42-16-18-44(19-17-42)35-12-20-45(2,3)21-13-35;3-2(4,5)1(6)7;/h4-11,22-24,29,35,40H,12-21,25-28H2,1-3H3;(H,6,7);1H/t29-;;/m0../s1. The van der Waals surface area contributed by atoms with E-state index >= 15 is 4.39 Å². The van der Waals surface area contributed by atoms with Crippen LogP contribution >= 0.6 is 0 Å². The number of piperidine rings is 1. The number of amides is 1. The van der Waals surface area contributed by atoms with Crippen LogP contribution in [0.4, 0.5) is 17.6 Å². The zero-order valence-electron chi connectivity index (χ0n) is 31.3. The first-order valence-electron chi connectivity index (χ1n) is 18.4. The Bertz CT molecular complexity index is 1690. The van der Waals surface area contributed by atoms with Gasteiger partial charge in [-0.15, -0.1) is 0 Å². The molecule has 0 spiro atoms. The van der Waals surface area contributed by atoms with Gasteiger partial charge in [-0.05, 0) is 59.5 Å². The molecule has 3 saturated heterocycles. The molecule has 0 saturated carbocycles. The Morgan fingerprint density at radius 1 is 0.870 bits per heavy atom. The van der Waals surface area contributed by atoms with Gasteiger partial charge in [0.25, 0.3) is 5.91 Å². The molecule has 14 heteroatoms. The lowest BCUT2D eigenvalue weighted by molar-refractivity contribution is -0.895. The average molecular weight is 869 g/mol. The SMILES string of the molecule is C[C@H]1CN(Cc2cccc(-c3cc(CNC(=O)c4cccc(CN5CCN(C6CC[N+](C)(C)CC6)CC5)c4)ccc3F)c2)CCN1.O=C(O)C(F)(F)F.[I-]. The summed E-state index contributed by atoms with van der Waals surface area (Å²) in [6, 6.07) is 22.5. The third-order valence-corrected chi connectivity index (χ3v) is 10.5. The molecule has 3 aromatic carbocycles. The fraction of sp³-hybridized carbons (Fsp3) is 0.500. The first-order valence-corrected chi connectivity index (χ1v) is 18.4. The summed E-state index contributed by atoms with van der Waals surface area (Å²) in [7, 11) is 4.69. The second-order valence-corrected chi connectivity index (χ2v) is 15.2. The molecule has 0 aromatic heterocycles. The number of likely N-dealkylation sites (tertiary alicyclic amines) is 1. The van der Waals surface area contributed by atoms with Crippen molar-refractivity contribution in [2.24, 2.45) is 0 Å². The highest BCUT2D eigenvalue weighted by atomic mass is 127. The first kappa shape index (κ1) is 43.6. The molecule has 3 aliphatic rings. The van der Waals surface area contributed by atoms with Crippen molar-refractivity contribution < 1.29 is 60.7 Å². The molecule has 3 aromatic rings. The molecule has 3 aliphatic heterocycles. The Kier molecular flexibility index (Phi) is 15.8. The fourth-order valence-electron chi connectivity index (χ4n) is 7.41. The van der Waals surface area contributed by atoms with Crippen LogP contribution in [0.25, 0.3) is 11.1 Å². The molecule has 1 amide bonds. The molecular weight excluding hydrogens is 815 g/mol. The van der Waals surface area contributed by atoms with Gasteiger partial charge in [-0.25, -0.2) is 9.18 Å². The van der Waals surface area contributed by atoms with Gasteiger partial charge in [-0.1, -0.05) is 36.4 Å². The third kappa shape index (κ3) is 13.0. The highest BCUT2D eigenvalue weighted by Crippen LogP contribution is 2.26. The number of carbonyl (C=O) groups is 2. The van der Waals surface area contributed by atoms with Crippen molar-refractivity contribution in [3.05, 3.63) is 94.8 Å². The number of piperazine rings is 2. The number of carboxylic acids is 1. The van der Waals surface area contributed by atoms with Gasteiger partial charge in [0, 0.05) is 101 Å². The molecule has 0 radical (unpaired) electrons. The van der Waals surface area contributed by atoms with E-state index in [0.29, 0.717) is 23.7 Å². The predicted molar refractivity (Wildman–Crippen MR) is 198 cm³/mol. The second kappa shape index (κ2) is 19.6. The van der Waals surface area contributed by atoms with Gasteiger partial charge in [0.15, 0.2) is 0 Å². The van der Waals surface area contributed by atoms with Gasteiger partial charge in [0.1, 0.15) is 5.82 Å². The smallest absolute Gasteiger partial charge is 0.490 e. The molecule has 3 heterocycles. The van der Waals surface area contributed by atoms with Crippen molar-refractivity contribution in [1.82, 2.24) is 25.3 Å². The van der Waals surface area contributed by atoms with E-state index in [1.165, 1.54) is 37.6 Å². The predicted octanol–water partition coefficient (Wildman–Crippen LogP) is 2.21. The van der Waals surface area contributed by atoms with E-state index in [0.717, 1.165) is 86.1 Å². The number of carboxylic acid groups (broad SMARTS) is 1. The van der Waals surface area contributed by atoms with E-state index in [-0.39, 0.29) is 35.7 Å². The van der Waals surface area contributed by atoms with Crippen LogP contribution < -0.4 is 34.6 Å². The number of benzene rings is 3. The molecule has 1 atom stereocenters. The van der Waals surface area contributed by atoms with E-state index in [4.69, 9.17) is 9.90 Å². The topological polar surface area (TPSA) is 88.2 Å². The summed E-state index contributed by atoms with van der Waals surface area (Å²) in [4.78, 5) is 29.7. The maximum absolute atomic E-state index is 15.0. The summed E-state index contributed by atoms with van der Waals surface area (Å²) in [5, 5.41) is 13.7. The Morgan fingerprint density at radius 3 is 2.15 bits per heavy atom. The van der Waals surface area contributed by atoms with Crippen LogP contribution in [0, 0.1) is 5.82 Å². The summed E-state index contributed by atoms with van der Waals surface area (Å²) in [6.07, 6.45) is -2.49. The zero-order chi connectivity index (χ0) is 38.2. The van der Waals surface area contributed by atoms with Gasteiger partial charge in [-0.3, -0.25) is 19.5 Å². The minimum absolute atomic E-state index is 0. The van der Waals surface area contributed by atoms with Gasteiger partial charge in [-0.2, -0.15) is 13.2 Å². The van der Waals surface area contributed by atoms with Crippen molar-refractivity contribution in [3.8, 4) is 11.1 Å². The van der Waals surface area contributed by atoms with Crippen LogP contribution in [0.5, 0.6) is 0 Å². The van der Waals surface area contributed by atoms with Gasteiger partial charge in [0.05, 0.1) is 27.2 Å². The van der Waals surface area contributed by atoms with E-state index in [1.807, 2.05) is 36.4 Å². The second-order valence-electron chi connectivity index (χ2n) is 15.2. The normalized spacial score (nSPS) is 19.9. The highest BCUT2D eigenvalue weighted by molar-refractivity contribution is 5.94. The summed E-state index contributed by atoms with van der Waals surface area (Å²) < 4.78 is 47.9. The van der Waals surface area contributed by atoms with Gasteiger partial charge < -0.3 is 44.2 Å². The van der Waals surface area contributed by atoms with Crippen molar-refractivity contribution >= 4 is 11.9 Å². The van der Waals surface area contributed by atoms with Gasteiger partial charge >= 0.3 is 12.1 Å². The molecule has 6 rings (SSSR count). The van der Waals surface area contributed by atoms with E-state index in [1.54, 1.807) is 6.07 Å². The molecule has 0 aliphatic carbocycles. The monoisotopic (exact) mass is 868 g/mol. The quantitative estimate of drug-likeness (QED) is 0.173. The largest absolute Gasteiger partial charge is 1.00 e. The maximum atomic E-state index is 15.0. The number of aliphatic carboxylic acids is 1. The molecule has 3 fully saturated rings. The first-order chi connectivity index (χ1) is 25.1. The van der Waals surface area contributed by atoms with Crippen molar-refractivity contribution in [2.75, 3.05) is 73.0 Å². The van der Waals surface area contributed by atoms with Crippen LogP contribution in [0.2, 0.25) is 0 Å². The number of carbonyl (C=O) groups excluding carboxylic acids is 1. The fourth-order valence-corrected chi connectivity index (χ4v) is 7.41. The molecule has 9 nitrogen and oxygen atoms in total. The Hall–Kier alpha value is -3.15. The molecule has 296 valence electrons. The van der Waals surface area contributed by atoms with Crippen LogP contribution in [-0.2, 0) is 24.4 Å². The molecule has 54 heavy (non-hydrogen) atoms. The van der Waals surface area contributed by atoms with Crippen molar-refractivity contribution in [2.45, 2.75) is 57.7 Å². The minimum Gasteiger partial charge on any atom is -1.00 e. The number of halogens is 5. The lowest BCUT2D eigenvalue weighted by Gasteiger charge is -2.44. The third-order valence-electron chi connectivity index (χ3n) is 10.5. The van der Waals surface area contributed by atoms with Crippen LogP contribution in [-0.4, -0.2) is 127 Å². The van der Waals surface area contributed by atoms with Gasteiger partial charge in [0.2, 0.25) is 0 Å². The highest BCUT2D eigenvalue weighted by Gasteiger charge is 2.38. The summed E-state index contributed by atoms with van der Waals surface area (Å²) in [6.45, 7) is 14.2. The van der Waals surface area contributed by atoms with E-state index in [2.05, 4.69) is 64.6 Å². The van der Waals surface area contributed by atoms with Crippen molar-refractivity contribution in [1.29, 1.82) is 0 Å². The van der Waals surface area contributed by atoms with E-state index in [9.17, 15) is 18.0 Å². The lowest BCUT2D eigenvalue weighted by atomic mass is 10.00. The number of nitrogens with one attached hydrogen (secondary N) is 2. The number of nitrogens with zero attached hydrogens (tertiary/aromatic N) is 4. The maximum Gasteiger partial charge on any atom is 0.490 e. The number of hydrogen-bond acceptors (Lipinski definition) is 6. The van der Waals surface area contributed by atoms with E-state index < -0.39 is 12.1 Å². The number of alkyl halides is 3. The molecular formula is C40H53F4IN6O3. The lowest BCUT2D eigenvalue weighted by Crippen LogP contribution is -3.00. The summed E-state index contributed by atoms with van der Waals surface area (Å²) in [5.41, 5.74) is 5.31. The van der Waals surface area contributed by atoms with Crippen molar-refractivity contribution in [3.63, 3.8) is 0 Å².